The van der Waals surface area contributed by atoms with Crippen LogP contribution >= 0.6 is 0 Å². The van der Waals surface area contributed by atoms with Crippen molar-refractivity contribution < 1.29 is 5.48 Å². The fraction of sp³-hybridized carbons (Fsp3) is 1.00. The van der Waals surface area contributed by atoms with Gasteiger partial charge in [0, 0.05) is 5.48 Å². The normalized spacial score (nSPS) is 6.91. The second-order valence-corrected chi connectivity index (χ2v) is 0.707. The van der Waals surface area contributed by atoms with Gasteiger partial charge in [-0.05, 0) is 0 Å². The highest BCUT2D eigenvalue weighted by Gasteiger charge is 1.35. The standard InChI is InChI=1S/C3H8.2C2H6.4CH4/c1-3-2;2*1-2;;;;/h3H2,1-2H3;2*1-2H3;4*1H4/i;2*1T;1T2;;;. The first kappa shape index (κ1) is 17.2. The number of hydrogen-bond acceptors (Lipinski definition) is 0. The molecule has 0 fully saturated rings. The van der Waals surface area contributed by atoms with Crippen LogP contribution < -0.4 is 0 Å². The van der Waals surface area contributed by atoms with E-state index in [1.807, 2.05) is 0 Å². The molecule has 0 aromatic heterocycles. The van der Waals surface area contributed by atoms with Gasteiger partial charge in [0.15, 0.2) is 0 Å². The van der Waals surface area contributed by atoms with Crippen molar-refractivity contribution in [2.75, 3.05) is 0 Å². The van der Waals surface area contributed by atoms with Gasteiger partial charge in [-0.25, -0.2) is 0 Å². The van der Waals surface area contributed by atoms with Gasteiger partial charge in [0.05, 0.1) is 0 Å². The van der Waals surface area contributed by atoms with E-state index in [1.165, 1.54) is 6.42 Å². The fourth-order valence-corrected chi connectivity index (χ4v) is 0. The predicted octanol–water partition coefficient (Wildman–Crippen LogP) is 6.01. The molecular formula is C11H36. The van der Waals surface area contributed by atoms with Crippen molar-refractivity contribution in [3.8, 4) is 0 Å². The van der Waals surface area contributed by atoms with Crippen LogP contribution in [0.1, 0.15) is 83.1 Å². The highest BCUT2D eigenvalue weighted by Crippen LogP contribution is 1.56. The molecule has 0 amide bonds. The molecule has 0 unspecified atom stereocenters. The highest BCUT2D eigenvalue weighted by molar-refractivity contribution is 3.92. The summed E-state index contributed by atoms with van der Waals surface area (Å²) >= 11 is 0. The fourth-order valence-electron chi connectivity index (χ4n) is 0. The van der Waals surface area contributed by atoms with Crippen molar-refractivity contribution in [1.29, 1.82) is 0 Å². The molecule has 0 aromatic rings. The third-order valence-corrected chi connectivity index (χ3v) is 0. The van der Waals surface area contributed by atoms with Gasteiger partial charge >= 0.3 is 0 Å². The van der Waals surface area contributed by atoms with Crippen molar-refractivity contribution in [3.63, 3.8) is 0 Å². The van der Waals surface area contributed by atoms with Gasteiger partial charge in [-0.1, -0.05) is 77.6 Å². The van der Waals surface area contributed by atoms with Crippen molar-refractivity contribution in [2.45, 2.75) is 77.6 Å². The van der Waals surface area contributed by atoms with Gasteiger partial charge in [-0.15, -0.1) is 0 Å². The third-order valence-electron chi connectivity index (χ3n) is 0. The molecule has 0 saturated carbocycles. The SMILES string of the molecule is C.C.C.CCC.[3H]CC.[3H]CC.[3H]C[3H]. The zero-order chi connectivity index (χ0) is 10.8. The van der Waals surface area contributed by atoms with E-state index in [1.54, 1.807) is 13.8 Å². The summed E-state index contributed by atoms with van der Waals surface area (Å²) in [5.41, 5.74) is 0. The minimum atomic E-state index is -0.250. The topological polar surface area (TPSA) is 0 Å². The van der Waals surface area contributed by atoms with E-state index in [0.29, 0.717) is 13.8 Å². The molecule has 0 aliphatic rings. The van der Waals surface area contributed by atoms with E-state index in [2.05, 4.69) is 13.8 Å². The van der Waals surface area contributed by atoms with Crippen LogP contribution in [0.3, 0.4) is 0 Å². The Kier molecular flexibility index (Phi) is 1270. The summed E-state index contributed by atoms with van der Waals surface area (Å²) in [7, 11) is -0.250. The lowest BCUT2D eigenvalue weighted by Crippen LogP contribution is -1.27. The summed E-state index contributed by atoms with van der Waals surface area (Å²) in [4.78, 5) is 0. The molecule has 0 radical (unpaired) electrons. The molecule has 0 heteroatoms. The Hall–Kier alpha value is 0. The zero-order valence-corrected chi connectivity index (χ0v) is 6.83. The molecule has 0 N–H and O–H groups in total. The maximum atomic E-state index is 6.21. The van der Waals surface area contributed by atoms with Crippen LogP contribution in [0.15, 0.2) is 0 Å². The Morgan fingerprint density at radius 1 is 1.00 bits per heavy atom. The van der Waals surface area contributed by atoms with Crippen molar-refractivity contribution >= 4 is 0 Å². The lowest BCUT2D eigenvalue weighted by molar-refractivity contribution is 1.09. The van der Waals surface area contributed by atoms with Crippen LogP contribution in [0.5, 0.6) is 0 Å². The van der Waals surface area contributed by atoms with Gasteiger partial charge < -0.3 is 0 Å². The lowest BCUT2D eigenvalue weighted by atomic mass is 10.6. The summed E-state index contributed by atoms with van der Waals surface area (Å²) in [6, 6.07) is 0. The average molecular weight is 176 g/mol. The van der Waals surface area contributed by atoms with Gasteiger partial charge in [-0.3, -0.25) is 0 Å². The molecule has 0 heterocycles. The number of hydrogen-bond donors (Lipinski definition) is 0. The summed E-state index contributed by atoms with van der Waals surface area (Å²) < 4.78 is 24.2. The molecular weight excluding hydrogens is 132 g/mol. The van der Waals surface area contributed by atoms with Crippen LogP contribution in [-0.4, -0.2) is 0 Å². The van der Waals surface area contributed by atoms with Crippen LogP contribution in [0.4, 0.5) is 0 Å². The first-order valence-electron chi connectivity index (χ1n) is 5.66. The Labute approximate surface area is 84.0 Å². The van der Waals surface area contributed by atoms with Crippen LogP contribution in [0, 0.1) is 0 Å². The summed E-state index contributed by atoms with van der Waals surface area (Å²) in [5, 5.41) is 0. The smallest absolute Gasteiger partial charge is 0.0228 e. The Morgan fingerprint density at radius 2 is 1.00 bits per heavy atom. The van der Waals surface area contributed by atoms with E-state index in [9.17, 15) is 0 Å². The van der Waals surface area contributed by atoms with Crippen LogP contribution in [0.2, 0.25) is 0 Å². The quantitative estimate of drug-likeness (QED) is 0.424. The maximum absolute atomic E-state index is 6.21. The second-order valence-electron chi connectivity index (χ2n) is 0.707. The molecule has 0 aliphatic heterocycles. The Balaban J connectivity index is -0.0000000107. The minimum absolute atomic E-state index is 0. The highest BCUT2D eigenvalue weighted by atomic mass is 13.4. The van der Waals surface area contributed by atoms with Crippen molar-refractivity contribution in [1.82, 2.24) is 0 Å². The lowest BCUT2D eigenvalue weighted by Gasteiger charge is -1.48. The number of rotatable bonds is 0. The molecule has 80 valence electrons. The van der Waals surface area contributed by atoms with E-state index in [-0.39, 0.29) is 29.7 Å². The molecule has 0 atom stereocenters. The summed E-state index contributed by atoms with van der Waals surface area (Å²) in [5.74, 6) is 0. The van der Waals surface area contributed by atoms with Crippen molar-refractivity contribution in [2.24, 2.45) is 0 Å². The molecule has 0 aliphatic carbocycles. The van der Waals surface area contributed by atoms with E-state index < -0.39 is 0 Å². The summed E-state index contributed by atoms with van der Waals surface area (Å²) in [6.45, 7) is 8.83. The second kappa shape index (κ2) is 810. The Bertz CT molecular complexity index is 20.5. The maximum Gasteiger partial charge on any atom is 0.0228 e. The molecule has 0 saturated heterocycles. The van der Waals surface area contributed by atoms with Crippen LogP contribution in [0.25, 0.3) is 0 Å². The van der Waals surface area contributed by atoms with Gasteiger partial charge in [0.25, 0.3) is 0 Å². The molecule has 0 rings (SSSR count). The van der Waals surface area contributed by atoms with E-state index in [0.717, 1.165) is 0 Å². The molecule has 11 heavy (non-hydrogen) atoms. The van der Waals surface area contributed by atoms with Crippen LogP contribution in [-0.2, 0) is 0 Å². The van der Waals surface area contributed by atoms with E-state index in [4.69, 9.17) is 5.48 Å². The Morgan fingerprint density at radius 3 is 1.00 bits per heavy atom. The average Bonchev–Trinajstić information content (AvgIpc) is 1.92. The molecule has 0 spiro atoms. The zero-order valence-electron chi connectivity index (χ0n) is 10.8. The molecule has 0 nitrogen and oxygen atoms in total. The first-order chi connectivity index (χ1) is 5.66. The monoisotopic (exact) mass is 176 g/mol. The minimum Gasteiger partial charge on any atom is -0.0776 e. The molecule has 0 bridgehead atoms. The van der Waals surface area contributed by atoms with Gasteiger partial charge in [-0.2, -0.15) is 0 Å². The van der Waals surface area contributed by atoms with Gasteiger partial charge in [0.2, 0.25) is 0 Å². The predicted molar refractivity (Wildman–Crippen MR) is 65.6 cm³/mol. The first-order valence-corrected chi connectivity index (χ1v) is 2.83. The van der Waals surface area contributed by atoms with Crippen molar-refractivity contribution in [3.05, 3.63) is 0 Å². The van der Waals surface area contributed by atoms with E-state index >= 15 is 0 Å². The van der Waals surface area contributed by atoms with Gasteiger partial charge in [0.1, 0.15) is 0 Å². The summed E-state index contributed by atoms with van der Waals surface area (Å²) in [6.07, 6.45) is 1.25. The molecule has 0 aromatic carbocycles. The third kappa shape index (κ3) is 0. The largest absolute Gasteiger partial charge is 0.0776 e.